The largest absolute Gasteiger partial charge is 2.00 e. The van der Waals surface area contributed by atoms with E-state index >= 15 is 0 Å². The van der Waals surface area contributed by atoms with Crippen LogP contribution >= 0.6 is 46.6 Å². The van der Waals surface area contributed by atoms with E-state index in [2.05, 4.69) is 191 Å². The van der Waals surface area contributed by atoms with Crippen molar-refractivity contribution in [3.05, 3.63) is 204 Å². The van der Waals surface area contributed by atoms with Crippen LogP contribution in [0, 0.1) is 20.5 Å². The Hall–Kier alpha value is -3.21. The van der Waals surface area contributed by atoms with Gasteiger partial charge >= 0.3 is 54.5 Å². The van der Waals surface area contributed by atoms with Crippen molar-refractivity contribution in [2.75, 3.05) is 23.0 Å². The van der Waals surface area contributed by atoms with Crippen LogP contribution in [0.1, 0.15) is 140 Å². The summed E-state index contributed by atoms with van der Waals surface area (Å²) in [5.41, 5.74) is 11.7. The van der Waals surface area contributed by atoms with E-state index in [9.17, 15) is 0 Å². The van der Waals surface area contributed by atoms with Crippen molar-refractivity contribution in [1.29, 1.82) is 0 Å². The summed E-state index contributed by atoms with van der Waals surface area (Å²) in [7, 11) is 9.63. The third-order valence-corrected chi connectivity index (χ3v) is 11.6. The van der Waals surface area contributed by atoms with Gasteiger partial charge in [0, 0.05) is 64.6 Å². The van der Waals surface area contributed by atoms with Gasteiger partial charge in [-0.1, -0.05) is 147 Å². The van der Waals surface area contributed by atoms with Gasteiger partial charge in [-0.25, -0.2) is 0 Å². The molecule has 72 heavy (non-hydrogen) atoms. The maximum Gasteiger partial charge on any atom is 2.00 e. The summed E-state index contributed by atoms with van der Waals surface area (Å²) in [6, 6.07) is 37.6. The van der Waals surface area contributed by atoms with Crippen molar-refractivity contribution >= 4 is 79.8 Å². The zero-order valence-electron chi connectivity index (χ0n) is 44.4. The van der Waals surface area contributed by atoms with Gasteiger partial charge in [0.25, 0.3) is 0 Å². The number of hydrogen-bond donors (Lipinski definition) is 0. The molecule has 2 aliphatic heterocycles. The molecule has 1 fully saturated rings. The van der Waals surface area contributed by atoms with Crippen molar-refractivity contribution in [3.63, 3.8) is 0 Å². The Morgan fingerprint density at radius 2 is 1.03 bits per heavy atom. The number of pyridine rings is 3. The van der Waals surface area contributed by atoms with Gasteiger partial charge in [0.1, 0.15) is 0 Å². The Morgan fingerprint density at radius 1 is 0.611 bits per heavy atom. The Labute approximate surface area is 477 Å². The van der Waals surface area contributed by atoms with Gasteiger partial charge in [-0.2, -0.15) is 13.8 Å². The first-order valence-electron chi connectivity index (χ1n) is 24.4. The fraction of sp³-hybridized carbons (Fsp3) is 0.333. The van der Waals surface area contributed by atoms with E-state index in [1.807, 2.05) is 54.9 Å². The fourth-order valence-corrected chi connectivity index (χ4v) is 7.92. The summed E-state index contributed by atoms with van der Waals surface area (Å²) in [6.07, 6.45) is 15.1. The van der Waals surface area contributed by atoms with E-state index in [0.29, 0.717) is 28.7 Å². The number of halogens is 4. The smallest absolute Gasteiger partial charge is 2.00 e. The van der Waals surface area contributed by atoms with Crippen LogP contribution in [0.4, 0.5) is 11.4 Å². The van der Waals surface area contributed by atoms with Gasteiger partial charge in [0.15, 0.2) is 0 Å². The Bertz CT molecular complexity index is 2430. The van der Waals surface area contributed by atoms with Crippen LogP contribution in [0.5, 0.6) is 0 Å². The molecule has 3 aromatic heterocycles. The molecular weight excluding hydrogens is 1160 g/mol. The molecule has 388 valence electrons. The fourth-order valence-electron chi connectivity index (χ4n) is 7.45. The zero-order chi connectivity index (χ0) is 52.7. The Morgan fingerprint density at radius 3 is 1.38 bits per heavy atom. The summed E-state index contributed by atoms with van der Waals surface area (Å²) in [6.45, 7) is 34.7. The maximum absolute atomic E-state index is 5.48. The number of aryl methyl sites for hydroxylation is 1. The average molecular weight is 1240 g/mol. The number of para-hydroxylation sites is 4. The second-order valence-electron chi connectivity index (χ2n) is 17.2. The number of ether oxygens (including phenoxy) is 1. The number of nitrogens with zero attached hydrogens (tertiary/aromatic N) is 5. The van der Waals surface area contributed by atoms with E-state index in [1.165, 1.54) is 62.8 Å². The quantitative estimate of drug-likeness (QED) is 0.117. The van der Waals surface area contributed by atoms with Gasteiger partial charge in [0.2, 0.25) is 0 Å². The van der Waals surface area contributed by atoms with E-state index in [1.54, 1.807) is 38.4 Å². The minimum Gasteiger partial charge on any atom is 2.00 e. The molecule has 6 nitrogen and oxygen atoms in total. The summed E-state index contributed by atoms with van der Waals surface area (Å²) >= 11 is 8.74. The molecule has 0 bridgehead atoms. The number of anilines is 2. The Kier molecular flexibility index (Phi) is 35.6. The monoisotopic (exact) mass is 1240 g/mol. The molecule has 0 spiro atoms. The van der Waals surface area contributed by atoms with Crippen molar-refractivity contribution in [2.24, 2.45) is 0 Å². The molecule has 2 aliphatic rings. The molecule has 0 atom stereocenters. The molecule has 0 radical (unpaired) electrons. The molecule has 5 heterocycles. The van der Waals surface area contributed by atoms with E-state index in [0.717, 1.165) is 35.1 Å². The molecule has 1 saturated heterocycles. The van der Waals surface area contributed by atoms with Gasteiger partial charge in [-0.3, -0.25) is 15.0 Å². The molecule has 7 aromatic rings. The zero-order valence-corrected chi connectivity index (χ0v) is 52.7. The van der Waals surface area contributed by atoms with Crippen LogP contribution in [-0.2, 0) is 46.6 Å². The van der Waals surface area contributed by atoms with Crippen molar-refractivity contribution in [2.45, 2.75) is 119 Å². The van der Waals surface area contributed by atoms with Gasteiger partial charge in [-0.05, 0) is 135 Å². The van der Waals surface area contributed by atoms with Crippen LogP contribution < -0.4 is 9.80 Å². The summed E-state index contributed by atoms with van der Waals surface area (Å²) in [5.74, 6) is 1.92. The average Bonchev–Trinajstić information content (AvgIpc) is 4.15. The molecule has 9 rings (SSSR count). The minimum absolute atomic E-state index is 0. The third kappa shape index (κ3) is 22.7. The second-order valence-corrected chi connectivity index (χ2v) is 20.9. The van der Waals surface area contributed by atoms with Crippen LogP contribution in [-0.4, -0.2) is 28.2 Å². The van der Waals surface area contributed by atoms with E-state index in [4.69, 9.17) is 35.4 Å². The predicted octanol–water partition coefficient (Wildman–Crippen LogP) is 19.5. The third-order valence-electron chi connectivity index (χ3n) is 10.9. The normalized spacial score (nSPS) is 12.1. The summed E-state index contributed by atoms with van der Waals surface area (Å²) < 4.78 is 5.97. The minimum atomic E-state index is -0.106. The SMILES string of the molecule is Brc1cnc2ccccc2c1.C1CCOC1.CC(C)c1cccc(C(C)C)c1N1C=CN(c2c(C(C)C)cccc2C(C)C)[CH-]1.CCc1cnc2ccccc2c1.Clc1cccnc1.[CH2-]C.[CH2-]C.[Cl][Pd][Cl].[Zn+2]. The van der Waals surface area contributed by atoms with Crippen molar-refractivity contribution in [3.8, 4) is 0 Å². The first-order chi connectivity index (χ1) is 34.3. The molecule has 4 aromatic carbocycles. The van der Waals surface area contributed by atoms with Crippen molar-refractivity contribution in [1.82, 2.24) is 15.0 Å². The summed E-state index contributed by atoms with van der Waals surface area (Å²) in [5, 5.41) is 3.08. The van der Waals surface area contributed by atoms with Crippen LogP contribution in [0.2, 0.25) is 5.02 Å². The standard InChI is InChI=1S/C27H37N2.C11H11N.C9H6BrN.C5H4ClN.C4H8O.2C2H5.2ClH.Pd.Zn/c1-18(2)22-11-9-12-23(19(3)4)26(22)28-15-16-29(17-28)27-24(20(5)6)13-10-14-25(27)21(7)8;1-2-9-7-10-5-3-4-6-11(10)12-8-9;10-8-5-7-3-1-2-4-9(7)11-6-8;6-5-2-1-3-7-4-5;1-2-4-5-3-1;2*1-2;;;;/h9-21H,1-8H3;3-8H,2H2,1H3;1-6H;1-4H;1-4H2;2*1H2,2H3;2*1H;;/q-1;;;;;2*-1;;;2*+2/p-2. The maximum atomic E-state index is 5.48. The van der Waals surface area contributed by atoms with Gasteiger partial charge in [0.05, 0.1) is 16.1 Å². The predicted molar refractivity (Wildman–Crippen MR) is 311 cm³/mol. The number of hydrogen-bond acceptors (Lipinski definition) is 6. The summed E-state index contributed by atoms with van der Waals surface area (Å²) in [4.78, 5) is 17.0. The topological polar surface area (TPSA) is 54.4 Å². The van der Waals surface area contributed by atoms with Gasteiger partial charge in [-0.15, -0.1) is 6.67 Å². The van der Waals surface area contributed by atoms with E-state index < -0.39 is 0 Å². The first kappa shape index (κ1) is 66.8. The van der Waals surface area contributed by atoms with Crippen LogP contribution in [0.25, 0.3) is 21.8 Å². The number of fused-ring (bicyclic) bond motifs is 2. The van der Waals surface area contributed by atoms with Crippen LogP contribution in [0.3, 0.4) is 0 Å². The number of benzene rings is 4. The van der Waals surface area contributed by atoms with Gasteiger partial charge < -0.3 is 28.4 Å². The molecule has 0 aliphatic carbocycles. The number of aromatic nitrogens is 3. The molecule has 12 heteroatoms. The molecule has 0 unspecified atom stereocenters. The molecule has 0 saturated carbocycles. The second kappa shape index (κ2) is 38.4. The molecule has 0 amide bonds. The van der Waals surface area contributed by atoms with Crippen LogP contribution in [0.15, 0.2) is 151 Å². The molecule has 0 N–H and O–H groups in total. The Balaban J connectivity index is 0.000000495. The van der Waals surface area contributed by atoms with E-state index in [-0.39, 0.29) is 35.4 Å². The first-order valence-corrected chi connectivity index (χ1v) is 29.5. The van der Waals surface area contributed by atoms with Crippen molar-refractivity contribution < 1.29 is 40.2 Å². The number of rotatable bonds is 7. The molecular formula is C60H76BrCl3N5OPdZn-.